The van der Waals surface area contributed by atoms with E-state index in [9.17, 15) is 22.8 Å². The van der Waals surface area contributed by atoms with Crippen LogP contribution in [0.5, 0.6) is 0 Å². The van der Waals surface area contributed by atoms with Gasteiger partial charge in [0.05, 0.1) is 11.3 Å². The Kier molecular flexibility index (Phi) is 7.63. The molecule has 2 aromatic rings. The first-order valence-corrected chi connectivity index (χ1v) is 10.3. The van der Waals surface area contributed by atoms with Crippen molar-refractivity contribution in [1.82, 2.24) is 4.72 Å². The second kappa shape index (κ2) is 9.94. The van der Waals surface area contributed by atoms with Crippen LogP contribution in [0, 0.1) is 0 Å². The molecule has 1 amide bonds. The van der Waals surface area contributed by atoms with Gasteiger partial charge in [0.15, 0.2) is 11.9 Å². The molecule has 1 atom stereocenters. The molecular weight excluding hydrogens is 396 g/mol. The molecule has 0 unspecified atom stereocenters. The summed E-state index contributed by atoms with van der Waals surface area (Å²) in [6.07, 6.45) is -1.27. The number of carbonyl (C=O) groups is 3. The molecular formula is C20H22N2O6S. The van der Waals surface area contributed by atoms with Crippen molar-refractivity contribution in [2.75, 3.05) is 11.9 Å². The Hall–Kier alpha value is -3.04. The van der Waals surface area contributed by atoms with E-state index >= 15 is 0 Å². The lowest BCUT2D eigenvalue weighted by Crippen LogP contribution is -2.32. The van der Waals surface area contributed by atoms with E-state index in [2.05, 4.69) is 10.0 Å². The second-order valence-electron chi connectivity index (χ2n) is 6.22. The van der Waals surface area contributed by atoms with Crippen LogP contribution in [0.3, 0.4) is 0 Å². The Labute approximate surface area is 169 Å². The number of amides is 1. The fraction of sp³-hybridized carbons (Fsp3) is 0.250. The number of carbonyl (C=O) groups excluding carboxylic acids is 3. The lowest BCUT2D eigenvalue weighted by atomic mass is 10.2. The first kappa shape index (κ1) is 22.3. The highest BCUT2D eigenvalue weighted by molar-refractivity contribution is 7.89. The van der Waals surface area contributed by atoms with Crippen molar-refractivity contribution >= 4 is 33.4 Å². The van der Waals surface area contributed by atoms with E-state index in [-0.39, 0.29) is 23.6 Å². The molecule has 0 spiro atoms. The summed E-state index contributed by atoms with van der Waals surface area (Å²) in [6.45, 7) is 2.62. The zero-order valence-electron chi connectivity index (χ0n) is 16.0. The number of sulfonamides is 1. The highest BCUT2D eigenvalue weighted by Crippen LogP contribution is 2.11. The van der Waals surface area contributed by atoms with Gasteiger partial charge in [0.1, 0.15) is 0 Å². The summed E-state index contributed by atoms with van der Waals surface area (Å²) in [6, 6.07) is 14.2. The molecule has 2 N–H and O–H groups in total. The van der Waals surface area contributed by atoms with Gasteiger partial charge in [-0.3, -0.25) is 14.4 Å². The largest absolute Gasteiger partial charge is 0.452 e. The molecule has 0 heterocycles. The van der Waals surface area contributed by atoms with E-state index in [4.69, 9.17) is 4.74 Å². The predicted molar refractivity (Wildman–Crippen MR) is 107 cm³/mol. The van der Waals surface area contributed by atoms with Crippen molar-refractivity contribution in [2.24, 2.45) is 0 Å². The number of anilines is 1. The van der Waals surface area contributed by atoms with E-state index in [0.717, 1.165) is 0 Å². The maximum absolute atomic E-state index is 12.2. The summed E-state index contributed by atoms with van der Waals surface area (Å²) in [5.41, 5.74) is 0.972. The number of esters is 1. The standard InChI is InChI=1S/C20H22N2O6S/c1-14(23)16-8-10-18(11-9-16)29(26,27)21-13-12-19(24)28-15(2)20(25)22-17-6-4-3-5-7-17/h3-11,15,21H,12-13H2,1-2H3,(H,22,25)/t15-/m1/s1. The minimum Gasteiger partial charge on any atom is -0.452 e. The maximum atomic E-state index is 12.2. The van der Waals surface area contributed by atoms with Crippen LogP contribution in [-0.2, 0) is 24.3 Å². The number of ether oxygens (including phenoxy) is 1. The van der Waals surface area contributed by atoms with Gasteiger partial charge in [-0.2, -0.15) is 0 Å². The number of benzene rings is 2. The first-order valence-electron chi connectivity index (χ1n) is 8.85. The molecule has 0 fully saturated rings. The van der Waals surface area contributed by atoms with Crippen LogP contribution in [-0.4, -0.2) is 38.7 Å². The Morgan fingerprint density at radius 2 is 1.62 bits per heavy atom. The molecule has 0 bridgehead atoms. The molecule has 154 valence electrons. The van der Waals surface area contributed by atoms with Gasteiger partial charge in [0.2, 0.25) is 10.0 Å². The summed E-state index contributed by atoms with van der Waals surface area (Å²) < 4.78 is 31.7. The third-order valence-corrected chi connectivity index (χ3v) is 5.39. The average Bonchev–Trinajstić information content (AvgIpc) is 2.68. The van der Waals surface area contributed by atoms with Gasteiger partial charge in [-0.1, -0.05) is 30.3 Å². The van der Waals surface area contributed by atoms with E-state index < -0.39 is 28.0 Å². The minimum atomic E-state index is -3.83. The number of nitrogens with one attached hydrogen (secondary N) is 2. The summed E-state index contributed by atoms with van der Waals surface area (Å²) in [5.74, 6) is -1.37. The van der Waals surface area contributed by atoms with E-state index in [1.165, 1.54) is 38.1 Å². The molecule has 29 heavy (non-hydrogen) atoms. The van der Waals surface area contributed by atoms with Crippen molar-refractivity contribution in [3.05, 3.63) is 60.2 Å². The van der Waals surface area contributed by atoms with Gasteiger partial charge in [-0.15, -0.1) is 0 Å². The molecule has 9 heteroatoms. The Morgan fingerprint density at radius 3 is 2.21 bits per heavy atom. The molecule has 2 aromatic carbocycles. The van der Waals surface area contributed by atoms with Gasteiger partial charge in [-0.25, -0.2) is 13.1 Å². The van der Waals surface area contributed by atoms with Crippen LogP contribution in [0.15, 0.2) is 59.5 Å². The average molecular weight is 418 g/mol. The predicted octanol–water partition coefficient (Wildman–Crippen LogP) is 2.13. The fourth-order valence-corrected chi connectivity index (χ4v) is 3.35. The lowest BCUT2D eigenvalue weighted by Gasteiger charge is -2.13. The zero-order valence-corrected chi connectivity index (χ0v) is 16.9. The lowest BCUT2D eigenvalue weighted by molar-refractivity contribution is -0.152. The number of rotatable bonds is 9. The summed E-state index contributed by atoms with van der Waals surface area (Å²) in [5, 5.41) is 2.61. The number of hydrogen-bond donors (Lipinski definition) is 2. The summed E-state index contributed by atoms with van der Waals surface area (Å²) >= 11 is 0. The first-order chi connectivity index (χ1) is 13.7. The van der Waals surface area contributed by atoms with Crippen LogP contribution in [0.1, 0.15) is 30.6 Å². The maximum Gasteiger partial charge on any atom is 0.307 e. The van der Waals surface area contributed by atoms with E-state index in [1.807, 2.05) is 0 Å². The highest BCUT2D eigenvalue weighted by atomic mass is 32.2. The monoisotopic (exact) mass is 418 g/mol. The van der Waals surface area contributed by atoms with E-state index in [1.54, 1.807) is 30.3 Å². The molecule has 0 radical (unpaired) electrons. The van der Waals surface area contributed by atoms with Crippen LogP contribution < -0.4 is 10.0 Å². The number of Topliss-reactive ketones (excluding diaryl/α,β-unsaturated/α-hetero) is 1. The van der Waals surface area contributed by atoms with Crippen LogP contribution in [0.2, 0.25) is 0 Å². The highest BCUT2D eigenvalue weighted by Gasteiger charge is 2.19. The van der Waals surface area contributed by atoms with Gasteiger partial charge < -0.3 is 10.1 Å². The van der Waals surface area contributed by atoms with Crippen molar-refractivity contribution in [2.45, 2.75) is 31.3 Å². The Morgan fingerprint density at radius 1 is 1.00 bits per heavy atom. The molecule has 0 aromatic heterocycles. The smallest absolute Gasteiger partial charge is 0.307 e. The zero-order chi connectivity index (χ0) is 21.4. The second-order valence-corrected chi connectivity index (χ2v) is 7.98. The van der Waals surface area contributed by atoms with Crippen LogP contribution >= 0.6 is 0 Å². The summed E-state index contributed by atoms with van der Waals surface area (Å²) in [7, 11) is -3.83. The molecule has 0 aliphatic rings. The molecule has 0 saturated heterocycles. The molecule has 0 aliphatic heterocycles. The van der Waals surface area contributed by atoms with Crippen molar-refractivity contribution in [1.29, 1.82) is 0 Å². The van der Waals surface area contributed by atoms with Gasteiger partial charge in [-0.05, 0) is 38.1 Å². The third kappa shape index (κ3) is 6.81. The Bertz CT molecular complexity index is 972. The normalized spacial score (nSPS) is 12.1. The van der Waals surface area contributed by atoms with Crippen molar-refractivity contribution in [3.8, 4) is 0 Å². The quantitative estimate of drug-likeness (QED) is 0.476. The van der Waals surface area contributed by atoms with Crippen LogP contribution in [0.25, 0.3) is 0 Å². The van der Waals surface area contributed by atoms with Gasteiger partial charge in [0, 0.05) is 17.8 Å². The Balaban J connectivity index is 1.80. The number of ketones is 1. The molecule has 0 aliphatic carbocycles. The van der Waals surface area contributed by atoms with Crippen molar-refractivity contribution in [3.63, 3.8) is 0 Å². The minimum absolute atomic E-state index is 0.0218. The van der Waals surface area contributed by atoms with Gasteiger partial charge >= 0.3 is 5.97 Å². The number of hydrogen-bond acceptors (Lipinski definition) is 6. The molecule has 8 nitrogen and oxygen atoms in total. The SMILES string of the molecule is CC(=O)c1ccc(S(=O)(=O)NCCC(=O)O[C@H](C)C(=O)Nc2ccccc2)cc1. The van der Waals surface area contributed by atoms with Crippen LogP contribution in [0.4, 0.5) is 5.69 Å². The van der Waals surface area contributed by atoms with Gasteiger partial charge in [0.25, 0.3) is 5.91 Å². The molecule has 0 saturated carbocycles. The molecule has 2 rings (SSSR count). The third-order valence-electron chi connectivity index (χ3n) is 3.91. The van der Waals surface area contributed by atoms with E-state index in [0.29, 0.717) is 11.3 Å². The number of para-hydroxylation sites is 1. The fourth-order valence-electron chi connectivity index (χ4n) is 2.31. The summed E-state index contributed by atoms with van der Waals surface area (Å²) in [4.78, 5) is 35.1. The van der Waals surface area contributed by atoms with Crippen molar-refractivity contribution < 1.29 is 27.5 Å². The topological polar surface area (TPSA) is 119 Å².